The number of aromatic amines is 1. The van der Waals surface area contributed by atoms with Crippen LogP contribution < -0.4 is 5.32 Å². The second kappa shape index (κ2) is 4.86. The maximum atomic E-state index is 4.35. The summed E-state index contributed by atoms with van der Waals surface area (Å²) in [5.74, 6) is 1.52. The van der Waals surface area contributed by atoms with E-state index in [4.69, 9.17) is 0 Å². The summed E-state index contributed by atoms with van der Waals surface area (Å²) in [5.41, 5.74) is 3.02. The summed E-state index contributed by atoms with van der Waals surface area (Å²) in [6, 6.07) is 2.04. The van der Waals surface area contributed by atoms with Crippen molar-refractivity contribution >= 4 is 0 Å². The molecule has 2 aromatic rings. The highest BCUT2D eigenvalue weighted by Gasteiger charge is 2.16. The minimum atomic E-state index is 0.700. The number of nitrogens with zero attached hydrogens (tertiary/aromatic N) is 3. The van der Waals surface area contributed by atoms with E-state index in [-0.39, 0.29) is 0 Å². The van der Waals surface area contributed by atoms with E-state index in [1.54, 1.807) is 6.33 Å². The van der Waals surface area contributed by atoms with E-state index < -0.39 is 0 Å². The number of imidazole rings is 1. The second-order valence-electron chi connectivity index (χ2n) is 4.87. The van der Waals surface area contributed by atoms with E-state index in [2.05, 4.69) is 25.3 Å². The molecular weight excluding hydrogens is 226 g/mol. The minimum absolute atomic E-state index is 0.700. The van der Waals surface area contributed by atoms with Gasteiger partial charge in [0.25, 0.3) is 0 Å². The Labute approximate surface area is 106 Å². The summed E-state index contributed by atoms with van der Waals surface area (Å²) in [6.07, 6.45) is 5.70. The van der Waals surface area contributed by atoms with Crippen LogP contribution in [0.2, 0.25) is 0 Å². The number of nitrogens with one attached hydrogen (secondary N) is 2. The van der Waals surface area contributed by atoms with Crippen LogP contribution in [0.25, 0.3) is 11.5 Å². The molecule has 0 bridgehead atoms. The lowest BCUT2D eigenvalue weighted by atomic mass is 10.0. The highest BCUT2D eigenvalue weighted by molar-refractivity contribution is 5.49. The molecule has 0 radical (unpaired) electrons. The molecule has 2 N–H and O–H groups in total. The summed E-state index contributed by atoms with van der Waals surface area (Å²) in [4.78, 5) is 16.1. The fourth-order valence-corrected chi connectivity index (χ4v) is 2.37. The molecule has 1 atom stereocenters. The van der Waals surface area contributed by atoms with Gasteiger partial charge in [-0.25, -0.2) is 15.0 Å². The zero-order valence-electron chi connectivity index (χ0n) is 10.5. The average Bonchev–Trinajstić information content (AvgIpc) is 3.01. The third-order valence-corrected chi connectivity index (χ3v) is 3.33. The molecule has 18 heavy (non-hydrogen) atoms. The molecule has 0 saturated carbocycles. The van der Waals surface area contributed by atoms with Gasteiger partial charge in [0.05, 0.1) is 0 Å². The maximum absolute atomic E-state index is 4.35. The standard InChI is InChI=1S/C13H17N5/c1-9-6-15-13(18-9)12-5-11(16-8-17-12)4-10-2-3-14-7-10/h5-6,8,10,14H,2-4,7H2,1H3,(H,15,18). The van der Waals surface area contributed by atoms with Crippen molar-refractivity contribution in [2.75, 3.05) is 13.1 Å². The highest BCUT2D eigenvalue weighted by atomic mass is 15.0. The third-order valence-electron chi connectivity index (χ3n) is 3.33. The van der Waals surface area contributed by atoms with E-state index in [1.807, 2.05) is 19.2 Å². The monoisotopic (exact) mass is 243 g/mol. The average molecular weight is 243 g/mol. The summed E-state index contributed by atoms with van der Waals surface area (Å²) in [5, 5.41) is 3.38. The van der Waals surface area contributed by atoms with Crippen LogP contribution in [-0.4, -0.2) is 33.0 Å². The summed E-state index contributed by atoms with van der Waals surface area (Å²) in [6.45, 7) is 4.21. The van der Waals surface area contributed by atoms with E-state index >= 15 is 0 Å². The van der Waals surface area contributed by atoms with Gasteiger partial charge in [-0.3, -0.25) is 0 Å². The van der Waals surface area contributed by atoms with Gasteiger partial charge in [-0.05, 0) is 44.8 Å². The molecule has 0 aliphatic carbocycles. The Kier molecular flexibility index (Phi) is 3.06. The van der Waals surface area contributed by atoms with E-state index in [9.17, 15) is 0 Å². The molecule has 1 aliphatic heterocycles. The van der Waals surface area contributed by atoms with Gasteiger partial charge in [0.2, 0.25) is 0 Å². The third kappa shape index (κ3) is 2.41. The second-order valence-corrected chi connectivity index (χ2v) is 4.87. The van der Waals surface area contributed by atoms with Crippen molar-refractivity contribution in [3.63, 3.8) is 0 Å². The van der Waals surface area contributed by atoms with Crippen LogP contribution in [0.15, 0.2) is 18.6 Å². The van der Waals surface area contributed by atoms with Crippen molar-refractivity contribution in [3.8, 4) is 11.5 Å². The molecule has 2 aromatic heterocycles. The van der Waals surface area contributed by atoms with E-state index in [0.29, 0.717) is 5.92 Å². The van der Waals surface area contributed by atoms with Crippen molar-refractivity contribution in [3.05, 3.63) is 30.0 Å². The Balaban J connectivity index is 1.80. The molecule has 5 heteroatoms. The Morgan fingerprint density at radius 3 is 3.00 bits per heavy atom. The summed E-state index contributed by atoms with van der Waals surface area (Å²) >= 11 is 0. The molecule has 0 spiro atoms. The van der Waals surface area contributed by atoms with Crippen molar-refractivity contribution < 1.29 is 0 Å². The number of hydrogen-bond donors (Lipinski definition) is 2. The van der Waals surface area contributed by atoms with Crippen molar-refractivity contribution in [1.29, 1.82) is 0 Å². The normalized spacial score (nSPS) is 19.3. The molecule has 0 aromatic carbocycles. The lowest BCUT2D eigenvalue weighted by molar-refractivity contribution is 0.571. The zero-order valence-corrected chi connectivity index (χ0v) is 10.5. The van der Waals surface area contributed by atoms with Gasteiger partial charge in [0.1, 0.15) is 12.0 Å². The first kappa shape index (κ1) is 11.3. The fraction of sp³-hybridized carbons (Fsp3) is 0.462. The fourth-order valence-electron chi connectivity index (χ4n) is 2.37. The summed E-state index contributed by atoms with van der Waals surface area (Å²) in [7, 11) is 0. The van der Waals surface area contributed by atoms with Gasteiger partial charge in [-0.1, -0.05) is 0 Å². The Bertz CT molecular complexity index is 528. The molecule has 1 unspecified atom stereocenters. The van der Waals surface area contributed by atoms with Crippen molar-refractivity contribution in [1.82, 2.24) is 25.3 Å². The molecule has 0 amide bonds. The number of aromatic nitrogens is 4. The highest BCUT2D eigenvalue weighted by Crippen LogP contribution is 2.17. The molecular formula is C13H17N5. The van der Waals surface area contributed by atoms with E-state index in [0.717, 1.165) is 42.4 Å². The molecule has 1 aliphatic rings. The molecule has 5 nitrogen and oxygen atoms in total. The number of aryl methyl sites for hydroxylation is 1. The van der Waals surface area contributed by atoms with Crippen LogP contribution in [0.5, 0.6) is 0 Å². The van der Waals surface area contributed by atoms with Crippen LogP contribution in [-0.2, 0) is 6.42 Å². The number of hydrogen-bond acceptors (Lipinski definition) is 4. The smallest absolute Gasteiger partial charge is 0.156 e. The van der Waals surface area contributed by atoms with Crippen molar-refractivity contribution in [2.24, 2.45) is 5.92 Å². The van der Waals surface area contributed by atoms with Gasteiger partial charge in [-0.15, -0.1) is 0 Å². The van der Waals surface area contributed by atoms with Crippen LogP contribution >= 0.6 is 0 Å². The van der Waals surface area contributed by atoms with Crippen LogP contribution in [0.1, 0.15) is 17.8 Å². The summed E-state index contributed by atoms with van der Waals surface area (Å²) < 4.78 is 0. The molecule has 3 rings (SSSR count). The van der Waals surface area contributed by atoms with Crippen LogP contribution in [0.4, 0.5) is 0 Å². The number of H-pyrrole nitrogens is 1. The Morgan fingerprint density at radius 2 is 2.28 bits per heavy atom. The van der Waals surface area contributed by atoms with Crippen molar-refractivity contribution in [2.45, 2.75) is 19.8 Å². The lowest BCUT2D eigenvalue weighted by Crippen LogP contribution is -2.11. The molecule has 94 valence electrons. The first-order valence-electron chi connectivity index (χ1n) is 6.35. The zero-order chi connectivity index (χ0) is 12.4. The lowest BCUT2D eigenvalue weighted by Gasteiger charge is -2.07. The van der Waals surface area contributed by atoms with Gasteiger partial charge in [0.15, 0.2) is 5.82 Å². The Morgan fingerprint density at radius 1 is 1.33 bits per heavy atom. The Hall–Kier alpha value is -1.75. The molecule has 1 saturated heterocycles. The van der Waals surface area contributed by atoms with Gasteiger partial charge in [-0.2, -0.15) is 0 Å². The maximum Gasteiger partial charge on any atom is 0.156 e. The predicted molar refractivity (Wildman–Crippen MR) is 69.0 cm³/mol. The number of rotatable bonds is 3. The van der Waals surface area contributed by atoms with Crippen LogP contribution in [0, 0.1) is 12.8 Å². The quantitative estimate of drug-likeness (QED) is 0.853. The van der Waals surface area contributed by atoms with Gasteiger partial charge >= 0.3 is 0 Å². The molecule has 1 fully saturated rings. The first-order chi connectivity index (χ1) is 8.81. The predicted octanol–water partition coefficient (Wildman–Crippen LogP) is 1.33. The van der Waals surface area contributed by atoms with Gasteiger partial charge < -0.3 is 10.3 Å². The minimum Gasteiger partial charge on any atom is -0.341 e. The molecule has 3 heterocycles. The van der Waals surface area contributed by atoms with Crippen LogP contribution in [0.3, 0.4) is 0 Å². The largest absolute Gasteiger partial charge is 0.341 e. The SMILES string of the molecule is Cc1cnc(-c2cc(CC3CCNC3)ncn2)[nH]1. The van der Waals surface area contributed by atoms with Gasteiger partial charge in [0, 0.05) is 17.6 Å². The first-order valence-corrected chi connectivity index (χ1v) is 6.35. The van der Waals surface area contributed by atoms with E-state index in [1.165, 1.54) is 6.42 Å². The topological polar surface area (TPSA) is 66.5 Å².